The molecule has 1 aromatic heterocycles. The summed E-state index contributed by atoms with van der Waals surface area (Å²) in [5.74, 6) is 0.335. The zero-order valence-corrected chi connectivity index (χ0v) is 14.7. The molecule has 1 aliphatic carbocycles. The van der Waals surface area contributed by atoms with Gasteiger partial charge in [-0.05, 0) is 39.2 Å². The van der Waals surface area contributed by atoms with E-state index in [0.717, 1.165) is 41.6 Å². The van der Waals surface area contributed by atoms with Crippen molar-refractivity contribution in [3.63, 3.8) is 0 Å². The maximum absolute atomic E-state index is 12.3. The van der Waals surface area contributed by atoms with Gasteiger partial charge in [-0.2, -0.15) is 0 Å². The van der Waals surface area contributed by atoms with Gasteiger partial charge in [0, 0.05) is 22.9 Å². The number of carbonyl (C=O) groups excluding carboxylic acids is 2. The van der Waals surface area contributed by atoms with Crippen molar-refractivity contribution >= 4 is 22.9 Å². The van der Waals surface area contributed by atoms with Crippen molar-refractivity contribution in [1.82, 2.24) is 10.6 Å². The van der Waals surface area contributed by atoms with Gasteiger partial charge in [-0.3, -0.25) is 4.79 Å². The molecule has 6 nitrogen and oxygen atoms in total. The monoisotopic (exact) mass is 343 g/mol. The molecule has 1 fully saturated rings. The summed E-state index contributed by atoms with van der Waals surface area (Å²) in [5.41, 5.74) is 7.25. The summed E-state index contributed by atoms with van der Waals surface area (Å²) in [6, 6.07) is 7.32. The van der Waals surface area contributed by atoms with E-state index >= 15 is 0 Å². The summed E-state index contributed by atoms with van der Waals surface area (Å²) in [5, 5.41) is 6.95. The summed E-state index contributed by atoms with van der Waals surface area (Å²) >= 11 is 0. The maximum Gasteiger partial charge on any atom is 0.315 e. The Labute approximate surface area is 147 Å². The highest BCUT2D eigenvalue weighted by molar-refractivity contribution is 5.82. The van der Waals surface area contributed by atoms with Crippen LogP contribution in [0, 0.1) is 12.8 Å². The SMILES string of the molecule is Cc1c(C(C)NC(=O)NC2CCCC(C(N)=O)C2)oc2ccccc12. The number of aryl methyl sites for hydroxylation is 1. The number of hydrogen-bond acceptors (Lipinski definition) is 3. The van der Waals surface area contributed by atoms with Gasteiger partial charge < -0.3 is 20.8 Å². The summed E-state index contributed by atoms with van der Waals surface area (Å²) in [6.45, 7) is 3.90. The summed E-state index contributed by atoms with van der Waals surface area (Å²) in [4.78, 5) is 23.7. The number of benzene rings is 1. The Morgan fingerprint density at radius 3 is 2.76 bits per heavy atom. The molecule has 0 saturated heterocycles. The third-order valence-electron chi connectivity index (χ3n) is 5.03. The molecule has 0 spiro atoms. The Hall–Kier alpha value is -2.50. The van der Waals surface area contributed by atoms with Crippen LogP contribution in [0.5, 0.6) is 0 Å². The van der Waals surface area contributed by atoms with Gasteiger partial charge in [-0.25, -0.2) is 4.79 Å². The van der Waals surface area contributed by atoms with Crippen molar-refractivity contribution in [2.24, 2.45) is 11.7 Å². The molecule has 3 amide bonds. The number of carbonyl (C=O) groups is 2. The molecule has 3 unspecified atom stereocenters. The highest BCUT2D eigenvalue weighted by atomic mass is 16.3. The first kappa shape index (κ1) is 17.3. The van der Waals surface area contributed by atoms with Crippen LogP contribution in [-0.2, 0) is 4.79 Å². The quantitative estimate of drug-likeness (QED) is 0.795. The number of fused-ring (bicyclic) bond motifs is 1. The average Bonchev–Trinajstić information content (AvgIpc) is 2.92. The minimum Gasteiger partial charge on any atom is -0.459 e. The molecule has 0 bridgehead atoms. The molecule has 4 N–H and O–H groups in total. The first-order valence-electron chi connectivity index (χ1n) is 8.80. The summed E-state index contributed by atoms with van der Waals surface area (Å²) < 4.78 is 5.90. The Bertz CT molecular complexity index is 783. The number of furan rings is 1. The van der Waals surface area contributed by atoms with E-state index in [2.05, 4.69) is 10.6 Å². The highest BCUT2D eigenvalue weighted by Crippen LogP contribution is 2.29. The number of amides is 3. The van der Waals surface area contributed by atoms with Crippen molar-refractivity contribution < 1.29 is 14.0 Å². The van der Waals surface area contributed by atoms with Crippen LogP contribution in [0.25, 0.3) is 11.0 Å². The van der Waals surface area contributed by atoms with Gasteiger partial charge >= 0.3 is 6.03 Å². The van der Waals surface area contributed by atoms with E-state index in [4.69, 9.17) is 10.2 Å². The van der Waals surface area contributed by atoms with Gasteiger partial charge in [0.05, 0.1) is 6.04 Å². The highest BCUT2D eigenvalue weighted by Gasteiger charge is 2.27. The van der Waals surface area contributed by atoms with Crippen LogP contribution in [0.15, 0.2) is 28.7 Å². The minimum atomic E-state index is -0.279. The number of hydrogen-bond donors (Lipinski definition) is 3. The van der Waals surface area contributed by atoms with Crippen LogP contribution in [0.2, 0.25) is 0 Å². The van der Waals surface area contributed by atoms with E-state index in [1.807, 2.05) is 38.1 Å². The molecule has 1 saturated carbocycles. The van der Waals surface area contributed by atoms with Gasteiger partial charge in [0.15, 0.2) is 0 Å². The molecule has 25 heavy (non-hydrogen) atoms. The van der Waals surface area contributed by atoms with E-state index in [0.29, 0.717) is 6.42 Å². The molecule has 0 radical (unpaired) electrons. The second-order valence-corrected chi connectivity index (χ2v) is 6.89. The molecule has 2 aromatic rings. The van der Waals surface area contributed by atoms with Gasteiger partial charge in [0.2, 0.25) is 5.91 Å². The second kappa shape index (κ2) is 7.17. The van der Waals surface area contributed by atoms with Crippen molar-refractivity contribution in [3.05, 3.63) is 35.6 Å². The molecule has 1 heterocycles. The fourth-order valence-corrected chi connectivity index (χ4v) is 3.67. The number of urea groups is 1. The lowest BCUT2D eigenvalue weighted by atomic mass is 9.85. The topological polar surface area (TPSA) is 97.4 Å². The predicted octanol–water partition coefficient (Wildman–Crippen LogP) is 3.15. The van der Waals surface area contributed by atoms with E-state index in [-0.39, 0.29) is 29.9 Å². The molecule has 1 aromatic carbocycles. The van der Waals surface area contributed by atoms with E-state index in [1.54, 1.807) is 0 Å². The first-order chi connectivity index (χ1) is 12.0. The molecule has 0 aliphatic heterocycles. The van der Waals surface area contributed by atoms with Crippen LogP contribution in [-0.4, -0.2) is 18.0 Å². The van der Waals surface area contributed by atoms with Gasteiger partial charge in [0.1, 0.15) is 11.3 Å². The lowest BCUT2D eigenvalue weighted by Gasteiger charge is -2.28. The smallest absolute Gasteiger partial charge is 0.315 e. The number of nitrogens with one attached hydrogen (secondary N) is 2. The van der Waals surface area contributed by atoms with Crippen LogP contribution in [0.1, 0.15) is 50.0 Å². The van der Waals surface area contributed by atoms with Crippen molar-refractivity contribution in [3.8, 4) is 0 Å². The lowest BCUT2D eigenvalue weighted by Crippen LogP contribution is -2.46. The number of nitrogens with two attached hydrogens (primary N) is 1. The molecule has 3 rings (SSSR count). The zero-order chi connectivity index (χ0) is 18.0. The predicted molar refractivity (Wildman–Crippen MR) is 96.0 cm³/mol. The molecular formula is C19H25N3O3. The fraction of sp³-hybridized carbons (Fsp3) is 0.474. The van der Waals surface area contributed by atoms with Gasteiger partial charge in [0.25, 0.3) is 0 Å². The molecule has 134 valence electrons. The van der Waals surface area contributed by atoms with E-state index in [1.165, 1.54) is 0 Å². The van der Waals surface area contributed by atoms with Gasteiger partial charge in [-0.1, -0.05) is 24.6 Å². The van der Waals surface area contributed by atoms with Crippen molar-refractivity contribution in [1.29, 1.82) is 0 Å². The minimum absolute atomic E-state index is 0.0183. The lowest BCUT2D eigenvalue weighted by molar-refractivity contribution is -0.122. The molecule has 3 atom stereocenters. The number of rotatable bonds is 4. The summed E-state index contributed by atoms with van der Waals surface area (Å²) in [6.07, 6.45) is 3.19. The van der Waals surface area contributed by atoms with Crippen LogP contribution in [0.3, 0.4) is 0 Å². The van der Waals surface area contributed by atoms with Crippen molar-refractivity contribution in [2.45, 2.75) is 51.6 Å². The maximum atomic E-state index is 12.3. The van der Waals surface area contributed by atoms with Gasteiger partial charge in [-0.15, -0.1) is 0 Å². The van der Waals surface area contributed by atoms with E-state index < -0.39 is 0 Å². The molecule has 1 aliphatic rings. The zero-order valence-electron chi connectivity index (χ0n) is 14.7. The third kappa shape index (κ3) is 3.78. The van der Waals surface area contributed by atoms with Crippen molar-refractivity contribution in [2.75, 3.05) is 0 Å². The van der Waals surface area contributed by atoms with Crippen LogP contribution in [0.4, 0.5) is 4.79 Å². The van der Waals surface area contributed by atoms with E-state index in [9.17, 15) is 9.59 Å². The largest absolute Gasteiger partial charge is 0.459 e. The Kier molecular flexibility index (Phi) is 4.97. The Balaban J connectivity index is 1.62. The molecular weight excluding hydrogens is 318 g/mol. The number of primary amides is 1. The average molecular weight is 343 g/mol. The first-order valence-corrected chi connectivity index (χ1v) is 8.80. The summed E-state index contributed by atoms with van der Waals surface area (Å²) in [7, 11) is 0. The normalized spacial score (nSPS) is 21.7. The van der Waals surface area contributed by atoms with Crippen LogP contribution >= 0.6 is 0 Å². The van der Waals surface area contributed by atoms with Crippen LogP contribution < -0.4 is 16.4 Å². The fourth-order valence-electron chi connectivity index (χ4n) is 3.67. The Morgan fingerprint density at radius 2 is 2.04 bits per heavy atom. The standard InChI is InChI=1S/C19H25N3O3/c1-11-15-8-3-4-9-16(15)25-17(11)12(2)21-19(24)22-14-7-5-6-13(10-14)18(20)23/h3-4,8-9,12-14H,5-7,10H2,1-2H3,(H2,20,23)(H2,21,22,24). The number of para-hydroxylation sites is 1. The third-order valence-corrected chi connectivity index (χ3v) is 5.03. The Morgan fingerprint density at radius 1 is 1.28 bits per heavy atom. The second-order valence-electron chi connectivity index (χ2n) is 6.89. The molecule has 6 heteroatoms.